The Hall–Kier alpha value is -3.63. The van der Waals surface area contributed by atoms with E-state index < -0.39 is 27.2 Å². The summed E-state index contributed by atoms with van der Waals surface area (Å²) in [5, 5.41) is 35.8. The van der Waals surface area contributed by atoms with Crippen LogP contribution in [0.15, 0.2) is 71.6 Å². The van der Waals surface area contributed by atoms with Gasteiger partial charge in [-0.05, 0) is 30.0 Å². The maximum atomic E-state index is 12.0. The molecule has 0 unspecified atom stereocenters. The van der Waals surface area contributed by atoms with Gasteiger partial charge in [0, 0.05) is 23.3 Å². The molecule has 0 radical (unpaired) electrons. The van der Waals surface area contributed by atoms with Crippen molar-refractivity contribution in [1.82, 2.24) is 0 Å². The highest BCUT2D eigenvalue weighted by atomic mass is 35.5. The van der Waals surface area contributed by atoms with Gasteiger partial charge in [0.15, 0.2) is 0 Å². The minimum Gasteiger partial charge on any atom is -0.478 e. The summed E-state index contributed by atoms with van der Waals surface area (Å²) in [6, 6.07) is 17.3. The van der Waals surface area contributed by atoms with Crippen molar-refractivity contribution in [3.63, 3.8) is 0 Å². The molecule has 36 heavy (non-hydrogen) atoms. The summed E-state index contributed by atoms with van der Waals surface area (Å²) in [4.78, 5) is 35.0. The minimum absolute atomic E-state index is 0.0109. The molecule has 1 heterocycles. The van der Waals surface area contributed by atoms with Crippen LogP contribution in [-0.4, -0.2) is 31.5 Å². The molecule has 0 bridgehead atoms. The molecule has 2 aliphatic rings. The number of carboxylic acid groups (broad SMARTS) is 1. The topological polar surface area (TPSA) is 136 Å². The van der Waals surface area contributed by atoms with Crippen LogP contribution in [0.5, 0.6) is 0 Å². The van der Waals surface area contributed by atoms with Crippen LogP contribution in [-0.2, 0) is 0 Å². The average Bonchev–Trinajstić information content (AvgIpc) is 3.19. The Morgan fingerprint density at radius 3 is 2.28 bits per heavy atom. The normalized spacial score (nSPS) is 24.3. The number of carbonyl (C=O) groups is 1. The number of alkyl halides is 1. The molecule has 2 N–H and O–H groups in total. The molecule has 3 aromatic carbocycles. The molecule has 9 nitrogen and oxygen atoms in total. The number of halogens is 1. The molecular weight excluding hydrogens is 506 g/mol. The summed E-state index contributed by atoms with van der Waals surface area (Å²) in [5.41, 5.74) is 1.57. The minimum atomic E-state index is -1.12. The van der Waals surface area contributed by atoms with Gasteiger partial charge < -0.3 is 10.4 Å². The maximum absolute atomic E-state index is 12.0. The lowest BCUT2D eigenvalue weighted by molar-refractivity contribution is -0.387. The van der Waals surface area contributed by atoms with Gasteiger partial charge in [0.05, 0.1) is 43.0 Å². The van der Waals surface area contributed by atoms with E-state index in [0.717, 1.165) is 5.56 Å². The van der Waals surface area contributed by atoms with Crippen LogP contribution in [0.3, 0.4) is 0 Å². The number of thioether (sulfide) groups is 1. The molecule has 3 aromatic rings. The van der Waals surface area contributed by atoms with Gasteiger partial charge in [-0.25, -0.2) is 4.79 Å². The summed E-state index contributed by atoms with van der Waals surface area (Å²) in [6.07, 6.45) is 0.524. The number of para-hydroxylation sites is 3. The van der Waals surface area contributed by atoms with Crippen molar-refractivity contribution in [2.75, 3.05) is 5.32 Å². The zero-order valence-corrected chi connectivity index (χ0v) is 20.2. The molecule has 0 aromatic heterocycles. The van der Waals surface area contributed by atoms with Gasteiger partial charge in [0.1, 0.15) is 0 Å². The number of hydrogen-bond donors (Lipinski definition) is 2. The molecule has 1 aliphatic heterocycles. The number of aromatic carboxylic acids is 1. The quantitative estimate of drug-likeness (QED) is 0.219. The van der Waals surface area contributed by atoms with Crippen molar-refractivity contribution in [3.05, 3.63) is 104 Å². The van der Waals surface area contributed by atoms with Gasteiger partial charge in [0.25, 0.3) is 11.4 Å². The number of benzene rings is 3. The smallest absolute Gasteiger partial charge is 0.337 e. The molecule has 184 valence electrons. The summed E-state index contributed by atoms with van der Waals surface area (Å²) >= 11 is 8.37. The van der Waals surface area contributed by atoms with Crippen LogP contribution < -0.4 is 5.32 Å². The van der Waals surface area contributed by atoms with E-state index in [2.05, 4.69) is 5.32 Å². The lowest BCUT2D eigenvalue weighted by atomic mass is 9.76. The number of nitro benzene ring substituents is 2. The SMILES string of the molecule is O=C(O)c1cccc2c1N[C@H](c1ccccc1[N+](=O)[O-])[C@@H]1C[C@H](Sc3ccccc3[N+](=O)[O-])[C@@H](Cl)[C@@H]21. The van der Waals surface area contributed by atoms with Crippen LogP contribution in [0.25, 0.3) is 0 Å². The van der Waals surface area contributed by atoms with Crippen molar-refractivity contribution in [1.29, 1.82) is 0 Å². The molecule has 1 saturated carbocycles. The summed E-state index contributed by atoms with van der Waals surface area (Å²) < 4.78 is 0. The molecular formula is C25H20ClN3O6S. The number of nitro groups is 2. The highest BCUT2D eigenvalue weighted by Gasteiger charge is 2.52. The van der Waals surface area contributed by atoms with Gasteiger partial charge in [-0.3, -0.25) is 20.2 Å². The zero-order chi connectivity index (χ0) is 25.6. The van der Waals surface area contributed by atoms with Crippen LogP contribution in [0, 0.1) is 26.1 Å². The fraction of sp³-hybridized carbons (Fsp3) is 0.240. The Balaban J connectivity index is 1.62. The number of carboxylic acids is 1. The van der Waals surface area contributed by atoms with Gasteiger partial charge in [-0.1, -0.05) is 42.5 Å². The van der Waals surface area contributed by atoms with E-state index in [0.29, 0.717) is 22.6 Å². The van der Waals surface area contributed by atoms with Crippen molar-refractivity contribution in [3.8, 4) is 0 Å². The molecule has 11 heteroatoms. The lowest BCUT2D eigenvalue weighted by Crippen LogP contribution is -2.32. The molecule has 1 aliphatic carbocycles. The standard InChI is InChI=1S/C25H20ClN3O6S/c26-22-20(36-19-11-4-3-10-18(19)29(34)35)12-16-21(22)14-7-5-8-15(25(30)31)24(14)27-23(16)13-6-1-2-9-17(13)28(32)33/h1-11,16,20-23,27H,12H2,(H,30,31)/t16-,20+,21+,22-,23-/m1/s1. The van der Waals surface area contributed by atoms with E-state index >= 15 is 0 Å². The number of nitrogens with one attached hydrogen (secondary N) is 1. The van der Waals surface area contributed by atoms with Crippen molar-refractivity contribution >= 4 is 46.4 Å². The number of fused-ring (bicyclic) bond motifs is 3. The Morgan fingerprint density at radius 1 is 0.944 bits per heavy atom. The third kappa shape index (κ3) is 4.06. The fourth-order valence-electron chi connectivity index (χ4n) is 5.42. The number of hydrogen-bond acceptors (Lipinski definition) is 7. The van der Waals surface area contributed by atoms with E-state index in [4.69, 9.17) is 11.6 Å². The number of nitrogens with zero attached hydrogens (tertiary/aromatic N) is 2. The molecule has 0 amide bonds. The van der Waals surface area contributed by atoms with Crippen LogP contribution >= 0.6 is 23.4 Å². The number of rotatable bonds is 6. The highest BCUT2D eigenvalue weighted by molar-refractivity contribution is 8.00. The second-order valence-corrected chi connectivity index (χ2v) is 10.5. The van der Waals surface area contributed by atoms with Gasteiger partial charge in [-0.15, -0.1) is 23.4 Å². The monoisotopic (exact) mass is 525 g/mol. The predicted molar refractivity (Wildman–Crippen MR) is 136 cm³/mol. The van der Waals surface area contributed by atoms with E-state index in [9.17, 15) is 30.1 Å². The maximum Gasteiger partial charge on any atom is 0.337 e. The van der Waals surface area contributed by atoms with E-state index in [1.807, 2.05) is 6.07 Å². The van der Waals surface area contributed by atoms with Gasteiger partial charge >= 0.3 is 5.97 Å². The fourth-order valence-corrected chi connectivity index (χ4v) is 7.36. The number of anilines is 1. The van der Waals surface area contributed by atoms with Crippen LogP contribution in [0.2, 0.25) is 0 Å². The Labute approximate surface area is 214 Å². The molecule has 5 atom stereocenters. The summed E-state index contributed by atoms with van der Waals surface area (Å²) in [5.74, 6) is -1.63. The first-order chi connectivity index (χ1) is 17.3. The first-order valence-electron chi connectivity index (χ1n) is 11.2. The third-order valence-electron chi connectivity index (χ3n) is 6.89. The third-order valence-corrected chi connectivity index (χ3v) is 9.00. The Bertz CT molecular complexity index is 1390. The Kier molecular flexibility index (Phi) is 6.31. The highest BCUT2D eigenvalue weighted by Crippen LogP contribution is 2.59. The molecule has 0 spiro atoms. The lowest BCUT2D eigenvalue weighted by Gasteiger charge is -2.38. The van der Waals surface area contributed by atoms with Crippen LogP contribution in [0.1, 0.15) is 39.9 Å². The van der Waals surface area contributed by atoms with Crippen molar-refractivity contribution in [2.24, 2.45) is 5.92 Å². The van der Waals surface area contributed by atoms with Gasteiger partial charge in [0.2, 0.25) is 0 Å². The Morgan fingerprint density at radius 2 is 1.58 bits per heavy atom. The largest absolute Gasteiger partial charge is 0.478 e. The van der Waals surface area contributed by atoms with Crippen molar-refractivity contribution in [2.45, 2.75) is 33.9 Å². The molecule has 0 saturated heterocycles. The summed E-state index contributed by atoms with van der Waals surface area (Å²) in [6.45, 7) is 0. The summed E-state index contributed by atoms with van der Waals surface area (Å²) in [7, 11) is 0. The second kappa shape index (κ2) is 9.44. The molecule has 1 fully saturated rings. The second-order valence-electron chi connectivity index (χ2n) is 8.76. The van der Waals surface area contributed by atoms with Crippen LogP contribution in [0.4, 0.5) is 17.1 Å². The molecule has 5 rings (SSSR count). The first kappa shape index (κ1) is 24.1. The average molecular weight is 526 g/mol. The van der Waals surface area contributed by atoms with E-state index in [-0.39, 0.29) is 34.0 Å². The van der Waals surface area contributed by atoms with Crippen molar-refractivity contribution < 1.29 is 19.7 Å². The van der Waals surface area contributed by atoms with E-state index in [1.165, 1.54) is 30.0 Å². The van der Waals surface area contributed by atoms with E-state index in [1.54, 1.807) is 42.5 Å². The predicted octanol–water partition coefficient (Wildman–Crippen LogP) is 6.24. The zero-order valence-electron chi connectivity index (χ0n) is 18.6. The first-order valence-corrected chi connectivity index (χ1v) is 12.5. The van der Waals surface area contributed by atoms with Gasteiger partial charge in [-0.2, -0.15) is 0 Å².